The summed E-state index contributed by atoms with van der Waals surface area (Å²) >= 11 is 0. The van der Waals surface area contributed by atoms with Gasteiger partial charge in [0.25, 0.3) is 0 Å². The zero-order chi connectivity index (χ0) is 21.4. The first-order valence-corrected chi connectivity index (χ1v) is 10.6. The minimum Gasteiger partial charge on any atom is -0.491 e. The third-order valence-electron chi connectivity index (χ3n) is 4.39. The van der Waals surface area contributed by atoms with Gasteiger partial charge in [-0.1, -0.05) is 18.2 Å². The number of ether oxygens (including phenoxy) is 2. The van der Waals surface area contributed by atoms with E-state index in [4.69, 9.17) is 14.5 Å². The summed E-state index contributed by atoms with van der Waals surface area (Å²) in [6, 6.07) is 12.1. The SMILES string of the molecule is CCNC(=NCc1ccc(C)cc1OCCOC)NCCCCNc1ccccn1. The Hall–Kier alpha value is -2.80. The Morgan fingerprint density at radius 1 is 1.07 bits per heavy atom. The van der Waals surface area contributed by atoms with Crippen LogP contribution in [0.4, 0.5) is 5.82 Å². The summed E-state index contributed by atoms with van der Waals surface area (Å²) in [5.74, 6) is 2.60. The molecule has 0 saturated carbocycles. The standard InChI is InChI=1S/C23H35N5O2/c1-4-24-23(27-14-8-7-13-26-22-9-5-6-12-25-22)28-18-20-11-10-19(2)17-21(20)30-16-15-29-3/h5-6,9-12,17H,4,7-8,13-16,18H2,1-3H3,(H,25,26)(H2,24,27,28). The largest absolute Gasteiger partial charge is 0.491 e. The summed E-state index contributed by atoms with van der Waals surface area (Å²) in [6.07, 6.45) is 3.89. The molecule has 0 spiro atoms. The average Bonchev–Trinajstić information content (AvgIpc) is 2.76. The smallest absolute Gasteiger partial charge is 0.191 e. The molecule has 0 aliphatic rings. The molecule has 2 rings (SSSR count). The molecule has 0 amide bonds. The van der Waals surface area contributed by atoms with E-state index in [-0.39, 0.29) is 0 Å². The maximum Gasteiger partial charge on any atom is 0.191 e. The summed E-state index contributed by atoms with van der Waals surface area (Å²) in [4.78, 5) is 8.99. The lowest BCUT2D eigenvalue weighted by Crippen LogP contribution is -2.37. The minimum absolute atomic E-state index is 0.529. The van der Waals surface area contributed by atoms with Crippen LogP contribution >= 0.6 is 0 Å². The molecule has 0 saturated heterocycles. The van der Waals surface area contributed by atoms with Crippen molar-refractivity contribution in [3.05, 3.63) is 53.7 Å². The molecule has 0 fully saturated rings. The van der Waals surface area contributed by atoms with Crippen LogP contribution < -0.4 is 20.7 Å². The predicted molar refractivity (Wildman–Crippen MR) is 123 cm³/mol. The molecular formula is C23H35N5O2. The van der Waals surface area contributed by atoms with E-state index < -0.39 is 0 Å². The molecule has 0 atom stereocenters. The number of nitrogens with one attached hydrogen (secondary N) is 3. The lowest BCUT2D eigenvalue weighted by atomic mass is 10.1. The number of aromatic nitrogens is 1. The van der Waals surface area contributed by atoms with E-state index in [1.54, 1.807) is 13.3 Å². The number of unbranched alkanes of at least 4 members (excludes halogenated alkanes) is 1. The molecule has 1 aromatic carbocycles. The molecular weight excluding hydrogens is 378 g/mol. The van der Waals surface area contributed by atoms with Crippen LogP contribution in [0.2, 0.25) is 0 Å². The summed E-state index contributed by atoms with van der Waals surface area (Å²) in [6.45, 7) is 8.36. The Morgan fingerprint density at radius 3 is 2.70 bits per heavy atom. The summed E-state index contributed by atoms with van der Waals surface area (Å²) in [7, 11) is 1.67. The first kappa shape index (κ1) is 23.5. The molecule has 1 heterocycles. The topological polar surface area (TPSA) is 79.8 Å². The van der Waals surface area contributed by atoms with Crippen LogP contribution in [-0.2, 0) is 11.3 Å². The van der Waals surface area contributed by atoms with Crippen LogP contribution in [0.1, 0.15) is 30.9 Å². The van der Waals surface area contributed by atoms with E-state index in [0.717, 1.165) is 55.6 Å². The fraction of sp³-hybridized carbons (Fsp3) is 0.478. The van der Waals surface area contributed by atoms with Crippen molar-refractivity contribution in [3.8, 4) is 5.75 Å². The number of aryl methyl sites for hydroxylation is 1. The Bertz CT molecular complexity index is 753. The lowest BCUT2D eigenvalue weighted by Gasteiger charge is -2.14. The molecule has 3 N–H and O–H groups in total. The molecule has 2 aromatic rings. The van der Waals surface area contributed by atoms with Gasteiger partial charge in [-0.3, -0.25) is 0 Å². The van der Waals surface area contributed by atoms with E-state index in [1.807, 2.05) is 18.2 Å². The highest BCUT2D eigenvalue weighted by Gasteiger charge is 2.05. The van der Waals surface area contributed by atoms with Crippen LogP contribution in [0, 0.1) is 6.92 Å². The van der Waals surface area contributed by atoms with Crippen molar-refractivity contribution in [1.29, 1.82) is 0 Å². The van der Waals surface area contributed by atoms with Crippen LogP contribution in [0.25, 0.3) is 0 Å². The quantitative estimate of drug-likeness (QED) is 0.265. The van der Waals surface area contributed by atoms with Gasteiger partial charge >= 0.3 is 0 Å². The van der Waals surface area contributed by atoms with Crippen molar-refractivity contribution in [2.75, 3.05) is 45.3 Å². The van der Waals surface area contributed by atoms with Crippen molar-refractivity contribution in [1.82, 2.24) is 15.6 Å². The second-order valence-corrected chi connectivity index (χ2v) is 6.92. The Morgan fingerprint density at radius 2 is 1.93 bits per heavy atom. The number of rotatable bonds is 13. The van der Waals surface area contributed by atoms with E-state index in [2.05, 4.69) is 53.0 Å². The Kier molecular flexibility index (Phi) is 11.1. The Balaban J connectivity index is 1.79. The number of hydrogen-bond acceptors (Lipinski definition) is 5. The number of methoxy groups -OCH3 is 1. The zero-order valence-corrected chi connectivity index (χ0v) is 18.4. The predicted octanol–water partition coefficient (Wildman–Crippen LogP) is 3.36. The number of anilines is 1. The van der Waals surface area contributed by atoms with Gasteiger partial charge in [0.15, 0.2) is 5.96 Å². The van der Waals surface area contributed by atoms with Crippen LogP contribution in [-0.4, -0.2) is 50.9 Å². The van der Waals surface area contributed by atoms with E-state index in [0.29, 0.717) is 19.8 Å². The lowest BCUT2D eigenvalue weighted by molar-refractivity contribution is 0.145. The molecule has 0 aliphatic carbocycles. The normalized spacial score (nSPS) is 11.2. The molecule has 7 heteroatoms. The number of pyridine rings is 1. The van der Waals surface area contributed by atoms with Gasteiger partial charge in [-0.15, -0.1) is 0 Å². The van der Waals surface area contributed by atoms with Gasteiger partial charge in [-0.25, -0.2) is 9.98 Å². The monoisotopic (exact) mass is 413 g/mol. The highest BCUT2D eigenvalue weighted by molar-refractivity contribution is 5.79. The first-order chi connectivity index (χ1) is 14.7. The fourth-order valence-corrected chi connectivity index (χ4v) is 2.81. The van der Waals surface area contributed by atoms with Gasteiger partial charge in [0.2, 0.25) is 0 Å². The second kappa shape index (κ2) is 14.2. The number of hydrogen-bond donors (Lipinski definition) is 3. The van der Waals surface area contributed by atoms with Gasteiger partial charge in [-0.05, 0) is 50.5 Å². The average molecular weight is 414 g/mol. The number of nitrogens with zero attached hydrogens (tertiary/aromatic N) is 2. The van der Waals surface area contributed by atoms with Gasteiger partial charge in [0.1, 0.15) is 18.2 Å². The van der Waals surface area contributed by atoms with Crippen LogP contribution in [0.3, 0.4) is 0 Å². The van der Waals surface area contributed by atoms with Crippen molar-refractivity contribution in [3.63, 3.8) is 0 Å². The molecule has 7 nitrogen and oxygen atoms in total. The van der Waals surface area contributed by atoms with E-state index in [9.17, 15) is 0 Å². The van der Waals surface area contributed by atoms with Gasteiger partial charge in [0.05, 0.1) is 13.2 Å². The zero-order valence-electron chi connectivity index (χ0n) is 18.4. The van der Waals surface area contributed by atoms with Gasteiger partial charge < -0.3 is 25.4 Å². The molecule has 0 bridgehead atoms. The highest BCUT2D eigenvalue weighted by atomic mass is 16.5. The molecule has 30 heavy (non-hydrogen) atoms. The van der Waals surface area contributed by atoms with Gasteiger partial charge in [0, 0.05) is 38.5 Å². The summed E-state index contributed by atoms with van der Waals surface area (Å²) in [5, 5.41) is 10.0. The van der Waals surface area contributed by atoms with Gasteiger partial charge in [-0.2, -0.15) is 0 Å². The molecule has 0 unspecified atom stereocenters. The molecule has 0 aliphatic heterocycles. The number of guanidine groups is 1. The van der Waals surface area contributed by atoms with E-state index in [1.165, 1.54) is 5.56 Å². The summed E-state index contributed by atoms with van der Waals surface area (Å²) in [5.41, 5.74) is 2.23. The molecule has 164 valence electrons. The molecule has 1 aromatic heterocycles. The second-order valence-electron chi connectivity index (χ2n) is 6.92. The third kappa shape index (κ3) is 9.13. The third-order valence-corrected chi connectivity index (χ3v) is 4.39. The van der Waals surface area contributed by atoms with Crippen molar-refractivity contribution >= 4 is 11.8 Å². The maximum absolute atomic E-state index is 5.87. The van der Waals surface area contributed by atoms with Crippen molar-refractivity contribution in [2.24, 2.45) is 4.99 Å². The summed E-state index contributed by atoms with van der Waals surface area (Å²) < 4.78 is 10.9. The maximum atomic E-state index is 5.87. The highest BCUT2D eigenvalue weighted by Crippen LogP contribution is 2.21. The molecule has 0 radical (unpaired) electrons. The van der Waals surface area contributed by atoms with Crippen molar-refractivity contribution < 1.29 is 9.47 Å². The number of benzene rings is 1. The first-order valence-electron chi connectivity index (χ1n) is 10.6. The Labute approximate surface area is 180 Å². The number of aliphatic imine (C=N–C) groups is 1. The van der Waals surface area contributed by atoms with E-state index >= 15 is 0 Å². The van der Waals surface area contributed by atoms with Crippen LogP contribution in [0.5, 0.6) is 5.75 Å². The minimum atomic E-state index is 0.529. The van der Waals surface area contributed by atoms with Crippen LogP contribution in [0.15, 0.2) is 47.6 Å². The van der Waals surface area contributed by atoms with Crippen molar-refractivity contribution in [2.45, 2.75) is 33.2 Å². The fourth-order valence-electron chi connectivity index (χ4n) is 2.81.